The van der Waals surface area contributed by atoms with Gasteiger partial charge in [-0.3, -0.25) is 4.99 Å². The summed E-state index contributed by atoms with van der Waals surface area (Å²) in [7, 11) is 1.42. The van der Waals surface area contributed by atoms with Gasteiger partial charge in [0.1, 0.15) is 17.4 Å². The van der Waals surface area contributed by atoms with E-state index in [1.165, 1.54) is 19.3 Å². The van der Waals surface area contributed by atoms with Crippen molar-refractivity contribution in [2.24, 2.45) is 15.7 Å². The van der Waals surface area contributed by atoms with Crippen LogP contribution in [0.3, 0.4) is 0 Å². The van der Waals surface area contributed by atoms with E-state index in [0.717, 1.165) is 12.1 Å². The first kappa shape index (κ1) is 22.8. The highest BCUT2D eigenvalue weighted by Gasteiger charge is 2.23. The normalized spacial score (nSPS) is 12.0. The lowest BCUT2D eigenvalue weighted by molar-refractivity contribution is 0.365. The van der Waals surface area contributed by atoms with Gasteiger partial charge in [0.05, 0.1) is 5.71 Å². The van der Waals surface area contributed by atoms with Crippen molar-refractivity contribution in [3.8, 4) is 11.5 Å². The summed E-state index contributed by atoms with van der Waals surface area (Å²) in [4.78, 5) is 7.97. The molecule has 0 heterocycles. The van der Waals surface area contributed by atoms with Crippen LogP contribution in [0.15, 0.2) is 58.2 Å². The summed E-state index contributed by atoms with van der Waals surface area (Å²) in [5.74, 6) is -9.31. The summed E-state index contributed by atoms with van der Waals surface area (Å²) in [5.41, 5.74) is 7.15. The molecule has 0 aromatic heterocycles. The summed E-state index contributed by atoms with van der Waals surface area (Å²) in [5, 5.41) is 0. The molecule has 0 aliphatic carbocycles. The van der Waals surface area contributed by atoms with Crippen LogP contribution in [0, 0.1) is 29.1 Å². The number of aliphatic imine (C=N–C) groups is 2. The molecular formula is C21H18F5N3O. The third-order valence-electron chi connectivity index (χ3n) is 3.93. The minimum atomic E-state index is -1.74. The van der Waals surface area contributed by atoms with Crippen LogP contribution in [0.1, 0.15) is 19.4 Å². The van der Waals surface area contributed by atoms with E-state index in [4.69, 9.17) is 10.5 Å². The maximum Gasteiger partial charge on any atom is 0.204 e. The summed E-state index contributed by atoms with van der Waals surface area (Å²) in [6, 6.07) is 3.23. The fourth-order valence-corrected chi connectivity index (χ4v) is 2.65. The highest BCUT2D eigenvalue weighted by atomic mass is 19.2. The highest BCUT2D eigenvalue weighted by molar-refractivity contribution is 6.29. The maximum absolute atomic E-state index is 14.8. The van der Waals surface area contributed by atoms with Crippen molar-refractivity contribution in [3.63, 3.8) is 0 Å². The molecule has 2 rings (SSSR count). The van der Waals surface area contributed by atoms with Gasteiger partial charge in [0.15, 0.2) is 11.6 Å². The summed E-state index contributed by atoms with van der Waals surface area (Å²) in [6.07, 6.45) is 1.22. The van der Waals surface area contributed by atoms with Crippen LogP contribution in [0.4, 0.5) is 22.0 Å². The molecule has 0 atom stereocenters. The number of nitrogens with two attached hydrogens (primary N) is 1. The van der Waals surface area contributed by atoms with Gasteiger partial charge in [-0.25, -0.2) is 18.2 Å². The molecule has 4 nitrogen and oxygen atoms in total. The van der Waals surface area contributed by atoms with Crippen molar-refractivity contribution in [3.05, 3.63) is 82.8 Å². The number of nitrogens with zero attached hydrogens (tertiary/aromatic N) is 2. The molecule has 0 saturated carbocycles. The van der Waals surface area contributed by atoms with E-state index in [2.05, 4.69) is 16.6 Å². The van der Waals surface area contributed by atoms with Gasteiger partial charge < -0.3 is 10.5 Å². The summed E-state index contributed by atoms with van der Waals surface area (Å²) >= 11 is 0. The first-order valence-corrected chi connectivity index (χ1v) is 8.52. The van der Waals surface area contributed by atoms with Gasteiger partial charge in [0, 0.05) is 36.5 Å². The zero-order chi connectivity index (χ0) is 22.6. The lowest BCUT2D eigenvalue weighted by Gasteiger charge is -2.15. The van der Waals surface area contributed by atoms with Crippen LogP contribution in [-0.2, 0) is 0 Å². The molecule has 0 aliphatic rings. The highest BCUT2D eigenvalue weighted by Crippen LogP contribution is 2.32. The first-order chi connectivity index (χ1) is 14.1. The standard InChI is InChI=1S/C21H18F5N3O/c1-5-29-21(27)16(10(2)3)19(28-4)12-7-6-11(8-13(12)22)30-20-17(25)14(23)9-15(24)18(20)26/h5-9H,1H2,2-4H3,(H2,27,29). The average Bonchev–Trinajstić information content (AvgIpc) is 2.68. The second kappa shape index (κ2) is 9.34. The van der Waals surface area contributed by atoms with Crippen LogP contribution in [-0.4, -0.2) is 18.6 Å². The predicted octanol–water partition coefficient (Wildman–Crippen LogP) is 5.43. The molecule has 0 amide bonds. The smallest absolute Gasteiger partial charge is 0.204 e. The molecule has 0 saturated heterocycles. The Morgan fingerprint density at radius 1 is 1.00 bits per heavy atom. The Morgan fingerprint density at radius 3 is 2.07 bits per heavy atom. The molecule has 0 radical (unpaired) electrons. The largest absolute Gasteiger partial charge is 0.451 e. The van der Waals surface area contributed by atoms with Gasteiger partial charge in [0.2, 0.25) is 17.4 Å². The Bertz CT molecular complexity index is 1060. The van der Waals surface area contributed by atoms with E-state index in [1.807, 2.05) is 0 Å². The van der Waals surface area contributed by atoms with Crippen LogP contribution in [0.25, 0.3) is 0 Å². The monoisotopic (exact) mass is 423 g/mol. The zero-order valence-electron chi connectivity index (χ0n) is 16.4. The van der Waals surface area contributed by atoms with Gasteiger partial charge in [-0.05, 0) is 26.0 Å². The Balaban J connectivity index is 2.51. The quantitative estimate of drug-likeness (QED) is 0.292. The third-order valence-corrected chi connectivity index (χ3v) is 3.93. The van der Waals surface area contributed by atoms with Crippen molar-refractivity contribution in [2.45, 2.75) is 13.8 Å². The number of amidine groups is 1. The molecule has 0 fully saturated rings. The molecule has 0 unspecified atom stereocenters. The summed E-state index contributed by atoms with van der Waals surface area (Å²) in [6.45, 7) is 6.92. The number of halogens is 5. The molecular weight excluding hydrogens is 405 g/mol. The number of allylic oxidation sites excluding steroid dienone is 1. The van der Waals surface area contributed by atoms with E-state index in [-0.39, 0.29) is 28.9 Å². The van der Waals surface area contributed by atoms with E-state index < -0.39 is 34.8 Å². The number of rotatable bonds is 6. The topological polar surface area (TPSA) is 60.0 Å². The minimum Gasteiger partial charge on any atom is -0.451 e. The number of ether oxygens (including phenoxy) is 1. The second-order valence-corrected chi connectivity index (χ2v) is 6.19. The lowest BCUT2D eigenvalue weighted by atomic mass is 9.97. The van der Waals surface area contributed by atoms with Crippen LogP contribution < -0.4 is 10.5 Å². The number of hydrogen-bond acceptors (Lipinski definition) is 3. The fourth-order valence-electron chi connectivity index (χ4n) is 2.65. The van der Waals surface area contributed by atoms with Gasteiger partial charge >= 0.3 is 0 Å². The average molecular weight is 423 g/mol. The van der Waals surface area contributed by atoms with Crippen molar-refractivity contribution >= 4 is 11.5 Å². The van der Waals surface area contributed by atoms with Gasteiger partial charge in [-0.1, -0.05) is 12.2 Å². The van der Waals surface area contributed by atoms with Crippen LogP contribution >= 0.6 is 0 Å². The van der Waals surface area contributed by atoms with Crippen molar-refractivity contribution in [2.75, 3.05) is 7.05 Å². The van der Waals surface area contributed by atoms with E-state index in [0.29, 0.717) is 11.1 Å². The van der Waals surface area contributed by atoms with Gasteiger partial charge in [0.25, 0.3) is 0 Å². The Hall–Kier alpha value is -3.49. The fraction of sp³-hybridized carbons (Fsp3) is 0.143. The van der Waals surface area contributed by atoms with Crippen molar-refractivity contribution in [1.82, 2.24) is 0 Å². The maximum atomic E-state index is 14.8. The predicted molar refractivity (Wildman–Crippen MR) is 105 cm³/mol. The van der Waals surface area contributed by atoms with Crippen molar-refractivity contribution in [1.29, 1.82) is 0 Å². The van der Waals surface area contributed by atoms with E-state index in [1.54, 1.807) is 13.8 Å². The molecule has 0 aliphatic heterocycles. The van der Waals surface area contributed by atoms with Gasteiger partial charge in [-0.2, -0.15) is 8.78 Å². The van der Waals surface area contributed by atoms with E-state index in [9.17, 15) is 22.0 Å². The number of hydrogen-bond donors (Lipinski definition) is 1. The molecule has 30 heavy (non-hydrogen) atoms. The first-order valence-electron chi connectivity index (χ1n) is 8.52. The molecule has 158 valence electrons. The Kier molecular flexibility index (Phi) is 7.10. The van der Waals surface area contributed by atoms with Crippen molar-refractivity contribution < 1.29 is 26.7 Å². The molecule has 0 spiro atoms. The second-order valence-electron chi connectivity index (χ2n) is 6.19. The van der Waals surface area contributed by atoms with Gasteiger partial charge in [-0.15, -0.1) is 0 Å². The summed E-state index contributed by atoms with van der Waals surface area (Å²) < 4.78 is 73.9. The third kappa shape index (κ3) is 4.56. The number of benzene rings is 2. The van der Waals surface area contributed by atoms with E-state index >= 15 is 0 Å². The minimum absolute atomic E-state index is 0.00497. The van der Waals surface area contributed by atoms with Crippen LogP contribution in [0.2, 0.25) is 0 Å². The van der Waals surface area contributed by atoms with Crippen LogP contribution in [0.5, 0.6) is 11.5 Å². The molecule has 2 aromatic carbocycles. The lowest BCUT2D eigenvalue weighted by Crippen LogP contribution is -2.24. The zero-order valence-corrected chi connectivity index (χ0v) is 16.4. The molecule has 2 aromatic rings. The molecule has 0 bridgehead atoms. The molecule has 2 N–H and O–H groups in total. The Morgan fingerprint density at radius 2 is 1.60 bits per heavy atom. The SMILES string of the molecule is C=CN=C(N)C(C(=NC)c1ccc(Oc2c(F)c(F)cc(F)c2F)cc1F)=C(C)C. The Labute approximate surface area is 169 Å². The molecule has 9 heteroatoms.